The van der Waals surface area contributed by atoms with Gasteiger partial charge in [-0.2, -0.15) is 0 Å². The average molecular weight is 528 g/mol. The van der Waals surface area contributed by atoms with Gasteiger partial charge in [-0.1, -0.05) is 62.2 Å². The maximum absolute atomic E-state index is 12.7. The summed E-state index contributed by atoms with van der Waals surface area (Å²) in [5, 5.41) is 3.15. The van der Waals surface area contributed by atoms with Crippen LogP contribution in [-0.4, -0.2) is 25.4 Å². The molecule has 9 heteroatoms. The highest BCUT2D eigenvalue weighted by atomic mass is 79.9. The number of hydrogen-bond acceptors (Lipinski definition) is 4. The van der Waals surface area contributed by atoms with Crippen LogP contribution in [0.3, 0.4) is 0 Å². The first kappa shape index (κ1) is 19.1. The van der Waals surface area contributed by atoms with E-state index in [1.54, 1.807) is 17.2 Å². The second-order valence-electron chi connectivity index (χ2n) is 6.91. The maximum atomic E-state index is 12.7. The molecule has 150 valence electrons. The lowest BCUT2D eigenvalue weighted by molar-refractivity contribution is 0.770. The van der Waals surface area contributed by atoms with Gasteiger partial charge in [-0.25, -0.2) is 14.8 Å². The Kier molecular flexibility index (Phi) is 4.92. The number of nitrogens with one attached hydrogen (secondary N) is 2. The molecule has 0 radical (unpaired) electrons. The summed E-state index contributed by atoms with van der Waals surface area (Å²) in [4.78, 5) is 24.8. The number of H-pyrrole nitrogens is 1. The van der Waals surface area contributed by atoms with Gasteiger partial charge in [0.15, 0.2) is 5.82 Å². The van der Waals surface area contributed by atoms with Crippen LogP contribution >= 0.6 is 31.9 Å². The largest absolute Gasteiger partial charge is 0.330 e. The number of imidazole rings is 2. The number of rotatable bonds is 4. The third-order valence-electron chi connectivity index (χ3n) is 4.95. The van der Waals surface area contributed by atoms with E-state index in [0.717, 1.165) is 20.1 Å². The van der Waals surface area contributed by atoms with Crippen molar-refractivity contribution < 1.29 is 0 Å². The molecular formula is C21H16Br2N6O. The van der Waals surface area contributed by atoms with Crippen LogP contribution in [0.4, 0.5) is 11.6 Å². The van der Waals surface area contributed by atoms with Crippen molar-refractivity contribution in [3.8, 4) is 11.4 Å². The molecule has 3 heterocycles. The molecule has 0 saturated heterocycles. The van der Waals surface area contributed by atoms with Crippen LogP contribution in [0.5, 0.6) is 0 Å². The van der Waals surface area contributed by atoms with E-state index < -0.39 is 0 Å². The van der Waals surface area contributed by atoms with E-state index in [1.165, 1.54) is 0 Å². The number of anilines is 1. The lowest BCUT2D eigenvalue weighted by Crippen LogP contribution is -2.19. The zero-order valence-corrected chi connectivity index (χ0v) is 18.8. The predicted octanol–water partition coefficient (Wildman–Crippen LogP) is 4.75. The fraction of sp³-hybridized carbons (Fsp3) is 0.0952. The SMILES string of the molecule is O=c1[nH]c2c(n1Cc1cccc(Br)c1)NC=Nc1c-2ncn1Cc1ccccc1Br. The molecule has 7 nitrogen and oxygen atoms in total. The van der Waals surface area contributed by atoms with Gasteiger partial charge in [-0.05, 0) is 29.3 Å². The predicted molar refractivity (Wildman–Crippen MR) is 125 cm³/mol. The molecule has 0 spiro atoms. The monoisotopic (exact) mass is 526 g/mol. The molecule has 1 aliphatic heterocycles. The van der Waals surface area contributed by atoms with Gasteiger partial charge in [0.05, 0.1) is 25.8 Å². The summed E-state index contributed by atoms with van der Waals surface area (Å²) in [6.45, 7) is 1.04. The minimum absolute atomic E-state index is 0.200. The number of aromatic nitrogens is 4. The summed E-state index contributed by atoms with van der Waals surface area (Å²) < 4.78 is 5.62. The summed E-state index contributed by atoms with van der Waals surface area (Å²) >= 11 is 7.07. The third-order valence-corrected chi connectivity index (χ3v) is 6.21. The molecule has 0 amide bonds. The van der Waals surface area contributed by atoms with Crippen LogP contribution in [0.15, 0.2) is 73.6 Å². The lowest BCUT2D eigenvalue weighted by Gasteiger charge is -2.07. The molecule has 4 aromatic rings. The van der Waals surface area contributed by atoms with Gasteiger partial charge in [-0.3, -0.25) is 4.57 Å². The average Bonchev–Trinajstić information content (AvgIpc) is 3.19. The van der Waals surface area contributed by atoms with E-state index in [9.17, 15) is 4.79 Å². The molecule has 30 heavy (non-hydrogen) atoms. The number of halogens is 2. The zero-order valence-electron chi connectivity index (χ0n) is 15.6. The summed E-state index contributed by atoms with van der Waals surface area (Å²) in [6, 6.07) is 15.9. The molecule has 2 aromatic carbocycles. The fourth-order valence-electron chi connectivity index (χ4n) is 3.53. The van der Waals surface area contributed by atoms with Gasteiger partial charge in [0.25, 0.3) is 0 Å². The smallest absolute Gasteiger partial charge is 0.327 e. The summed E-state index contributed by atoms with van der Waals surface area (Å²) in [5.41, 5.74) is 3.20. The van der Waals surface area contributed by atoms with Crippen molar-refractivity contribution in [2.75, 3.05) is 5.32 Å². The zero-order chi connectivity index (χ0) is 20.7. The van der Waals surface area contributed by atoms with E-state index >= 15 is 0 Å². The molecule has 5 rings (SSSR count). The Morgan fingerprint density at radius 2 is 1.90 bits per heavy atom. The number of aliphatic imine (C=N–C) groups is 1. The Bertz CT molecular complexity index is 1330. The first-order valence-electron chi connectivity index (χ1n) is 9.25. The normalized spacial score (nSPS) is 12.2. The lowest BCUT2D eigenvalue weighted by atomic mass is 10.2. The van der Waals surface area contributed by atoms with Crippen molar-refractivity contribution in [1.29, 1.82) is 0 Å². The van der Waals surface area contributed by atoms with Crippen molar-refractivity contribution in [3.63, 3.8) is 0 Å². The molecule has 0 saturated carbocycles. The van der Waals surface area contributed by atoms with Crippen LogP contribution in [0.1, 0.15) is 11.1 Å². The van der Waals surface area contributed by atoms with Gasteiger partial charge in [0.1, 0.15) is 17.2 Å². The highest BCUT2D eigenvalue weighted by Gasteiger charge is 2.23. The Labute approximate surface area is 188 Å². The molecule has 2 N–H and O–H groups in total. The minimum atomic E-state index is -0.200. The van der Waals surface area contributed by atoms with Crippen LogP contribution in [0.25, 0.3) is 11.4 Å². The molecule has 0 fully saturated rings. The first-order chi connectivity index (χ1) is 14.6. The maximum Gasteiger partial charge on any atom is 0.327 e. The molecule has 1 aliphatic rings. The van der Waals surface area contributed by atoms with Crippen LogP contribution < -0.4 is 11.0 Å². The molecular weight excluding hydrogens is 512 g/mol. The Morgan fingerprint density at radius 3 is 2.73 bits per heavy atom. The number of fused-ring (bicyclic) bond motifs is 3. The van der Waals surface area contributed by atoms with Crippen molar-refractivity contribution in [2.45, 2.75) is 13.1 Å². The Hall–Kier alpha value is -2.91. The quantitative estimate of drug-likeness (QED) is 0.402. The number of aromatic amines is 1. The fourth-order valence-corrected chi connectivity index (χ4v) is 4.39. The van der Waals surface area contributed by atoms with E-state index in [0.29, 0.717) is 36.1 Å². The summed E-state index contributed by atoms with van der Waals surface area (Å²) in [5.74, 6) is 1.33. The Balaban J connectivity index is 1.55. The molecule has 0 unspecified atom stereocenters. The van der Waals surface area contributed by atoms with Gasteiger partial charge in [0, 0.05) is 8.95 Å². The van der Waals surface area contributed by atoms with Gasteiger partial charge < -0.3 is 14.9 Å². The summed E-state index contributed by atoms with van der Waals surface area (Å²) in [7, 11) is 0. The van der Waals surface area contributed by atoms with Crippen molar-refractivity contribution in [3.05, 3.63) is 85.4 Å². The second-order valence-corrected chi connectivity index (χ2v) is 8.68. The van der Waals surface area contributed by atoms with E-state index in [2.05, 4.69) is 58.2 Å². The molecule has 2 aromatic heterocycles. The second kappa shape index (κ2) is 7.73. The number of nitrogens with zero attached hydrogens (tertiary/aromatic N) is 4. The van der Waals surface area contributed by atoms with Crippen LogP contribution in [-0.2, 0) is 13.1 Å². The molecule has 0 aliphatic carbocycles. The van der Waals surface area contributed by atoms with Crippen molar-refractivity contribution >= 4 is 49.8 Å². The first-order valence-corrected chi connectivity index (χ1v) is 10.8. The number of benzene rings is 2. The van der Waals surface area contributed by atoms with Crippen molar-refractivity contribution in [2.24, 2.45) is 4.99 Å². The minimum Gasteiger partial charge on any atom is -0.330 e. The van der Waals surface area contributed by atoms with Crippen LogP contribution in [0, 0.1) is 0 Å². The van der Waals surface area contributed by atoms with E-state index in [1.807, 2.05) is 47.0 Å². The topological polar surface area (TPSA) is 80.0 Å². The number of hydrogen-bond donors (Lipinski definition) is 2. The third kappa shape index (κ3) is 3.44. The van der Waals surface area contributed by atoms with Crippen LogP contribution in [0.2, 0.25) is 0 Å². The van der Waals surface area contributed by atoms with E-state index in [-0.39, 0.29) is 5.69 Å². The van der Waals surface area contributed by atoms with Gasteiger partial charge in [-0.15, -0.1) is 0 Å². The van der Waals surface area contributed by atoms with E-state index in [4.69, 9.17) is 0 Å². The van der Waals surface area contributed by atoms with Gasteiger partial charge >= 0.3 is 5.69 Å². The Morgan fingerprint density at radius 1 is 1.03 bits per heavy atom. The highest BCUT2D eigenvalue weighted by Crippen LogP contribution is 2.35. The molecule has 0 atom stereocenters. The van der Waals surface area contributed by atoms with Crippen molar-refractivity contribution in [1.82, 2.24) is 19.1 Å². The molecule has 0 bridgehead atoms. The van der Waals surface area contributed by atoms with Gasteiger partial charge in [0.2, 0.25) is 0 Å². The summed E-state index contributed by atoms with van der Waals surface area (Å²) in [6.07, 6.45) is 3.36. The standard InChI is InChI=1S/C21H16Br2N6O/c22-15-6-3-4-13(8-15)9-29-20-18(27-21(29)30)17-19(24-11-25-20)28(12-26-17)10-14-5-1-2-7-16(14)23/h1-8,11-12H,9-10H2,(H,24,25)(H,27,30). The highest BCUT2D eigenvalue weighted by molar-refractivity contribution is 9.10.